The molecule has 0 aromatic heterocycles. The summed E-state index contributed by atoms with van der Waals surface area (Å²) in [6, 6.07) is 15.0. The monoisotopic (exact) mass is 398 g/mol. The molecule has 0 aliphatic rings. The lowest BCUT2D eigenvalue weighted by molar-refractivity contribution is -0.159. The number of benzene rings is 2. The van der Waals surface area contributed by atoms with Gasteiger partial charge in [0, 0.05) is 6.54 Å². The summed E-state index contributed by atoms with van der Waals surface area (Å²) in [4.78, 5) is 30.0. The summed E-state index contributed by atoms with van der Waals surface area (Å²) in [6.07, 6.45) is 0. The zero-order valence-electron chi connectivity index (χ0n) is 13.4. The van der Waals surface area contributed by atoms with Gasteiger partial charge in [-0.1, -0.05) is 59.6 Å². The van der Waals surface area contributed by atoms with E-state index in [1.807, 2.05) is 30.3 Å². The molecule has 0 bridgehead atoms. The molecule has 7 nitrogen and oxygen atoms in total. The molecule has 0 saturated heterocycles. The third-order valence-corrected chi connectivity index (χ3v) is 3.69. The summed E-state index contributed by atoms with van der Waals surface area (Å²) in [5.41, 5.74) is 1.65. The van der Waals surface area contributed by atoms with E-state index in [1.165, 1.54) is 0 Å². The van der Waals surface area contributed by atoms with Gasteiger partial charge in [-0.3, -0.25) is 4.79 Å². The molecule has 0 heterocycles. The van der Waals surface area contributed by atoms with E-state index >= 15 is 0 Å². The molecule has 26 heavy (non-hydrogen) atoms. The molecule has 2 aromatic rings. The Balaban J connectivity index is 0.000000487. The lowest BCUT2D eigenvalue weighted by atomic mass is 10.2. The molecule has 9 heteroatoms. The Labute approximate surface area is 159 Å². The quantitative estimate of drug-likeness (QED) is 0.575. The number of anilines is 1. The van der Waals surface area contributed by atoms with Crippen molar-refractivity contribution in [2.75, 3.05) is 11.9 Å². The van der Waals surface area contributed by atoms with Crippen LogP contribution >= 0.6 is 23.2 Å². The third kappa shape index (κ3) is 7.98. The molecule has 0 unspecified atom stereocenters. The summed E-state index contributed by atoms with van der Waals surface area (Å²) in [5, 5.41) is 21.3. The fraction of sp³-hybridized carbons (Fsp3) is 0.118. The number of carboxylic acids is 2. The fourth-order valence-corrected chi connectivity index (χ4v) is 2.06. The van der Waals surface area contributed by atoms with Crippen molar-refractivity contribution in [1.82, 2.24) is 5.32 Å². The van der Waals surface area contributed by atoms with E-state index in [4.69, 9.17) is 43.0 Å². The second-order valence-corrected chi connectivity index (χ2v) is 5.63. The van der Waals surface area contributed by atoms with Crippen LogP contribution in [-0.2, 0) is 20.9 Å². The number of amides is 1. The predicted octanol–water partition coefficient (Wildman–Crippen LogP) is 2.88. The van der Waals surface area contributed by atoms with Gasteiger partial charge >= 0.3 is 11.9 Å². The Morgan fingerprint density at radius 1 is 0.885 bits per heavy atom. The zero-order valence-corrected chi connectivity index (χ0v) is 14.9. The molecule has 4 N–H and O–H groups in total. The van der Waals surface area contributed by atoms with E-state index in [2.05, 4.69) is 10.6 Å². The minimum atomic E-state index is -1.82. The van der Waals surface area contributed by atoms with Crippen LogP contribution < -0.4 is 10.6 Å². The summed E-state index contributed by atoms with van der Waals surface area (Å²) in [6.45, 7) is 0.843. The van der Waals surface area contributed by atoms with Crippen molar-refractivity contribution in [3.63, 3.8) is 0 Å². The average molecular weight is 399 g/mol. The lowest BCUT2D eigenvalue weighted by Crippen LogP contribution is -2.27. The minimum Gasteiger partial charge on any atom is -0.473 e. The molecule has 0 radical (unpaired) electrons. The van der Waals surface area contributed by atoms with Gasteiger partial charge in [-0.2, -0.15) is 0 Å². The standard InChI is InChI=1S/C15H14Cl2N2O.C2H2O4/c16-12-7-4-8-13(15(12)17)19-14(20)10-18-9-11-5-2-1-3-6-11;3-1(4)2(5)6/h1-8,18H,9-10H2,(H,19,20);(H,3,4)(H,5,6). The van der Waals surface area contributed by atoms with Crippen molar-refractivity contribution < 1.29 is 24.6 Å². The topological polar surface area (TPSA) is 116 Å². The van der Waals surface area contributed by atoms with E-state index in [0.717, 1.165) is 5.56 Å². The van der Waals surface area contributed by atoms with Gasteiger partial charge in [0.05, 0.1) is 22.3 Å². The van der Waals surface area contributed by atoms with Crippen LogP contribution in [0.4, 0.5) is 5.69 Å². The first-order valence-corrected chi connectivity index (χ1v) is 8.01. The van der Waals surface area contributed by atoms with Crippen LogP contribution in [0.1, 0.15) is 5.56 Å². The molecule has 0 fully saturated rings. The Bertz CT molecular complexity index is 757. The highest BCUT2D eigenvalue weighted by atomic mass is 35.5. The van der Waals surface area contributed by atoms with Crippen molar-refractivity contribution in [1.29, 1.82) is 0 Å². The number of rotatable bonds is 5. The third-order valence-electron chi connectivity index (χ3n) is 2.87. The van der Waals surface area contributed by atoms with Crippen LogP contribution in [0.25, 0.3) is 0 Å². The van der Waals surface area contributed by atoms with E-state index in [-0.39, 0.29) is 12.5 Å². The van der Waals surface area contributed by atoms with Gasteiger partial charge in [0.25, 0.3) is 0 Å². The summed E-state index contributed by atoms with van der Waals surface area (Å²) >= 11 is 11.9. The van der Waals surface area contributed by atoms with E-state index < -0.39 is 11.9 Å². The van der Waals surface area contributed by atoms with Gasteiger partial charge in [0.15, 0.2) is 0 Å². The van der Waals surface area contributed by atoms with Crippen molar-refractivity contribution in [2.45, 2.75) is 6.54 Å². The predicted molar refractivity (Wildman–Crippen MR) is 98.5 cm³/mol. The van der Waals surface area contributed by atoms with Crippen LogP contribution in [0, 0.1) is 0 Å². The molecule has 2 aromatic carbocycles. The lowest BCUT2D eigenvalue weighted by Gasteiger charge is -2.09. The normalized spacial score (nSPS) is 9.62. The molecule has 0 atom stereocenters. The van der Waals surface area contributed by atoms with Crippen LogP contribution in [0.15, 0.2) is 48.5 Å². The maximum atomic E-state index is 11.8. The van der Waals surface area contributed by atoms with Crippen LogP contribution in [0.3, 0.4) is 0 Å². The second-order valence-electron chi connectivity index (χ2n) is 4.85. The molecular weight excluding hydrogens is 383 g/mol. The number of hydrogen-bond donors (Lipinski definition) is 4. The molecule has 138 valence electrons. The van der Waals surface area contributed by atoms with Crippen LogP contribution in [0.5, 0.6) is 0 Å². The molecule has 0 aliphatic heterocycles. The molecule has 1 amide bonds. The average Bonchev–Trinajstić information content (AvgIpc) is 2.60. The van der Waals surface area contributed by atoms with Crippen molar-refractivity contribution in [2.24, 2.45) is 0 Å². The maximum Gasteiger partial charge on any atom is 0.414 e. The van der Waals surface area contributed by atoms with Crippen molar-refractivity contribution >= 4 is 46.7 Å². The minimum absolute atomic E-state index is 0.162. The number of aliphatic carboxylic acids is 2. The highest BCUT2D eigenvalue weighted by Crippen LogP contribution is 2.29. The smallest absolute Gasteiger partial charge is 0.414 e. The number of hydrogen-bond acceptors (Lipinski definition) is 4. The van der Waals surface area contributed by atoms with Gasteiger partial charge in [-0.15, -0.1) is 0 Å². The number of carbonyl (C=O) groups excluding carboxylic acids is 1. The van der Waals surface area contributed by atoms with Gasteiger partial charge in [0.2, 0.25) is 5.91 Å². The molecule has 0 aliphatic carbocycles. The van der Waals surface area contributed by atoms with E-state index in [0.29, 0.717) is 22.3 Å². The summed E-state index contributed by atoms with van der Waals surface area (Å²) in [7, 11) is 0. The number of halogens is 2. The highest BCUT2D eigenvalue weighted by molar-refractivity contribution is 6.44. The molecular formula is C17H16Cl2N2O5. The van der Waals surface area contributed by atoms with Crippen molar-refractivity contribution in [3.8, 4) is 0 Å². The molecule has 0 spiro atoms. The van der Waals surface area contributed by atoms with Crippen molar-refractivity contribution in [3.05, 3.63) is 64.1 Å². The maximum absolute atomic E-state index is 11.8. The number of carbonyl (C=O) groups is 3. The zero-order chi connectivity index (χ0) is 19.5. The molecule has 0 saturated carbocycles. The van der Waals surface area contributed by atoms with Gasteiger partial charge in [-0.25, -0.2) is 9.59 Å². The Morgan fingerprint density at radius 2 is 1.50 bits per heavy atom. The SMILES string of the molecule is O=C(CNCc1ccccc1)Nc1cccc(Cl)c1Cl.O=C(O)C(=O)O. The van der Waals surface area contributed by atoms with Crippen LogP contribution in [-0.4, -0.2) is 34.6 Å². The fourth-order valence-electron chi connectivity index (χ4n) is 1.71. The second kappa shape index (κ2) is 11.1. The first-order chi connectivity index (χ1) is 12.3. The number of nitrogens with one attached hydrogen (secondary N) is 2. The van der Waals surface area contributed by atoms with Gasteiger partial charge in [-0.05, 0) is 17.7 Å². The molecule has 2 rings (SSSR count). The Hall–Kier alpha value is -2.61. The highest BCUT2D eigenvalue weighted by Gasteiger charge is 2.07. The van der Waals surface area contributed by atoms with E-state index in [9.17, 15) is 4.79 Å². The Morgan fingerprint density at radius 3 is 2.08 bits per heavy atom. The first-order valence-electron chi connectivity index (χ1n) is 7.26. The van der Waals surface area contributed by atoms with Crippen LogP contribution in [0.2, 0.25) is 10.0 Å². The number of carboxylic acid groups (broad SMARTS) is 2. The first kappa shape index (κ1) is 21.4. The summed E-state index contributed by atoms with van der Waals surface area (Å²) in [5.74, 6) is -3.81. The summed E-state index contributed by atoms with van der Waals surface area (Å²) < 4.78 is 0. The van der Waals surface area contributed by atoms with E-state index in [1.54, 1.807) is 18.2 Å². The Kier molecular flexibility index (Phi) is 9.14. The largest absolute Gasteiger partial charge is 0.473 e. The van der Waals surface area contributed by atoms with Gasteiger partial charge in [0.1, 0.15) is 0 Å². The van der Waals surface area contributed by atoms with Gasteiger partial charge < -0.3 is 20.8 Å².